The quantitative estimate of drug-likeness (QED) is 0.215. The highest BCUT2D eigenvalue weighted by Gasteiger charge is 2.38. The van der Waals surface area contributed by atoms with Gasteiger partial charge in [0.15, 0.2) is 0 Å². The van der Waals surface area contributed by atoms with Crippen molar-refractivity contribution in [2.24, 2.45) is 0 Å². The molecule has 0 aromatic heterocycles. The van der Waals surface area contributed by atoms with Gasteiger partial charge in [-0.1, -0.05) is 114 Å². The highest BCUT2D eigenvalue weighted by atomic mass is 79.9. The molecule has 0 atom stereocenters. The van der Waals surface area contributed by atoms with Gasteiger partial charge < -0.3 is 0 Å². The molecule has 0 nitrogen and oxygen atoms in total. The Morgan fingerprint density at radius 1 is 0.414 bits per heavy atom. The lowest BCUT2D eigenvalue weighted by Gasteiger charge is -2.37. The lowest BCUT2D eigenvalue weighted by Crippen LogP contribution is -2.31. The van der Waals surface area contributed by atoms with Gasteiger partial charge >= 0.3 is 0 Å². The first kappa shape index (κ1) is 20.6. The van der Waals surface area contributed by atoms with Gasteiger partial charge in [-0.25, -0.2) is 0 Å². The van der Waals surface area contributed by atoms with Crippen molar-refractivity contribution in [2.75, 3.05) is 0 Å². The zero-order valence-corrected chi connectivity index (χ0v) is 20.6. The number of halogens is 3. The molecule has 0 aliphatic carbocycles. The smallest absolute Gasteiger partial charge is 0.0590 e. The maximum Gasteiger partial charge on any atom is 0.0701 e. The summed E-state index contributed by atoms with van der Waals surface area (Å²) < 4.78 is 3.22. The summed E-state index contributed by atoms with van der Waals surface area (Å²) in [5.74, 6) is 0. The van der Waals surface area contributed by atoms with Gasteiger partial charge in [-0.3, -0.25) is 0 Å². The molecule has 4 aromatic carbocycles. The number of hydrogen-bond acceptors (Lipinski definition) is 0. The lowest BCUT2D eigenvalue weighted by atomic mass is 9.65. The molecule has 0 radical (unpaired) electrons. The molecule has 0 saturated heterocycles. The van der Waals surface area contributed by atoms with Crippen LogP contribution in [0.4, 0.5) is 0 Å². The van der Waals surface area contributed by atoms with Crippen LogP contribution in [-0.4, -0.2) is 0 Å². The third-order valence-corrected chi connectivity index (χ3v) is 6.90. The summed E-state index contributed by atoms with van der Waals surface area (Å²) in [6.45, 7) is 2.13. The van der Waals surface area contributed by atoms with Crippen LogP contribution in [0.2, 0.25) is 0 Å². The van der Waals surface area contributed by atoms with E-state index in [0.717, 1.165) is 13.4 Å². The Morgan fingerprint density at radius 2 is 0.655 bits per heavy atom. The van der Waals surface area contributed by atoms with E-state index in [0.29, 0.717) is 0 Å². The van der Waals surface area contributed by atoms with Crippen molar-refractivity contribution in [1.29, 1.82) is 0 Å². The van der Waals surface area contributed by atoms with Crippen LogP contribution in [0, 0.1) is 6.92 Å². The maximum absolute atomic E-state index is 3.60. The summed E-state index contributed by atoms with van der Waals surface area (Å²) in [6, 6.07) is 34.9. The zero-order valence-electron chi connectivity index (χ0n) is 15.9. The number of rotatable bonds is 4. The van der Waals surface area contributed by atoms with E-state index >= 15 is 0 Å². The van der Waals surface area contributed by atoms with E-state index in [1.807, 2.05) is 0 Å². The summed E-state index contributed by atoms with van der Waals surface area (Å²) in [5.41, 5.74) is 5.77. The minimum atomic E-state index is -0.421. The normalized spacial score (nSPS) is 11.4. The van der Waals surface area contributed by atoms with Crippen molar-refractivity contribution in [3.63, 3.8) is 0 Å². The van der Waals surface area contributed by atoms with Crippen molar-refractivity contribution in [1.82, 2.24) is 0 Å². The van der Waals surface area contributed by atoms with Crippen molar-refractivity contribution < 1.29 is 0 Å². The molecule has 144 valence electrons. The minimum Gasteiger partial charge on any atom is -0.0590 e. The molecular formula is C26H19Br3. The van der Waals surface area contributed by atoms with Crippen LogP contribution >= 0.6 is 47.8 Å². The van der Waals surface area contributed by atoms with Gasteiger partial charge in [-0.05, 0) is 65.6 Å². The van der Waals surface area contributed by atoms with Crippen molar-refractivity contribution in [2.45, 2.75) is 12.3 Å². The second-order valence-corrected chi connectivity index (χ2v) is 9.88. The van der Waals surface area contributed by atoms with Gasteiger partial charge in [0.05, 0.1) is 5.41 Å². The molecule has 0 fully saturated rings. The van der Waals surface area contributed by atoms with Crippen molar-refractivity contribution in [3.8, 4) is 0 Å². The van der Waals surface area contributed by atoms with Crippen LogP contribution < -0.4 is 0 Å². The van der Waals surface area contributed by atoms with Gasteiger partial charge in [0, 0.05) is 13.4 Å². The molecule has 0 amide bonds. The molecule has 0 heterocycles. The molecule has 4 rings (SSSR count). The molecule has 0 spiro atoms. The Labute approximate surface area is 197 Å². The number of hydrogen-bond donors (Lipinski definition) is 0. The fourth-order valence-corrected chi connectivity index (χ4v) is 4.70. The van der Waals surface area contributed by atoms with E-state index in [4.69, 9.17) is 0 Å². The highest BCUT2D eigenvalue weighted by molar-refractivity contribution is 9.11. The minimum absolute atomic E-state index is 0.421. The van der Waals surface area contributed by atoms with Gasteiger partial charge in [-0.15, -0.1) is 0 Å². The predicted octanol–water partition coefficient (Wildman–Crippen LogP) is 8.67. The third kappa shape index (κ3) is 4.01. The van der Waals surface area contributed by atoms with E-state index in [9.17, 15) is 0 Å². The van der Waals surface area contributed by atoms with Crippen LogP contribution in [0.3, 0.4) is 0 Å². The average Bonchev–Trinajstić information content (AvgIpc) is 2.73. The van der Waals surface area contributed by atoms with Crippen molar-refractivity contribution >= 4 is 47.8 Å². The zero-order chi connectivity index (χ0) is 20.4. The standard InChI is InChI=1S/C26H19Br3/c1-18-2-4-19(5-3-18)26(20-6-12-23(27)13-7-20,21-8-14-24(28)15-9-21)22-10-16-25(29)17-11-22/h2-17H,1H3. The highest BCUT2D eigenvalue weighted by Crippen LogP contribution is 2.45. The van der Waals surface area contributed by atoms with E-state index < -0.39 is 5.41 Å². The maximum atomic E-state index is 3.60. The van der Waals surface area contributed by atoms with Gasteiger partial charge in [0.2, 0.25) is 0 Å². The van der Waals surface area contributed by atoms with Gasteiger partial charge in [-0.2, -0.15) is 0 Å². The molecule has 3 heteroatoms. The average molecular weight is 571 g/mol. The Kier molecular flexibility index (Phi) is 6.10. The lowest BCUT2D eigenvalue weighted by molar-refractivity contribution is 0.744. The Bertz CT molecular complexity index is 907. The number of benzene rings is 4. The molecular weight excluding hydrogens is 552 g/mol. The summed E-state index contributed by atoms with van der Waals surface area (Å²) in [4.78, 5) is 0. The van der Waals surface area contributed by atoms with Gasteiger partial charge in [0.1, 0.15) is 0 Å². The second-order valence-electron chi connectivity index (χ2n) is 7.14. The predicted molar refractivity (Wildman–Crippen MR) is 133 cm³/mol. The van der Waals surface area contributed by atoms with E-state index in [-0.39, 0.29) is 0 Å². The van der Waals surface area contributed by atoms with Gasteiger partial charge in [0.25, 0.3) is 0 Å². The fraction of sp³-hybridized carbons (Fsp3) is 0.0769. The van der Waals surface area contributed by atoms with Crippen LogP contribution in [-0.2, 0) is 5.41 Å². The Balaban J connectivity index is 2.11. The summed E-state index contributed by atoms with van der Waals surface area (Å²) in [6.07, 6.45) is 0. The molecule has 0 unspecified atom stereocenters. The monoisotopic (exact) mass is 568 g/mol. The first-order chi connectivity index (χ1) is 14.0. The Morgan fingerprint density at radius 3 is 0.931 bits per heavy atom. The topological polar surface area (TPSA) is 0 Å². The first-order valence-corrected chi connectivity index (χ1v) is 11.7. The van der Waals surface area contributed by atoms with Crippen LogP contribution in [0.1, 0.15) is 27.8 Å². The molecule has 0 N–H and O–H groups in total. The van der Waals surface area contributed by atoms with E-state index in [2.05, 4.69) is 152 Å². The summed E-state index contributed by atoms with van der Waals surface area (Å²) in [7, 11) is 0. The van der Waals surface area contributed by atoms with Crippen molar-refractivity contribution in [3.05, 3.63) is 138 Å². The molecule has 0 aliphatic rings. The fourth-order valence-electron chi connectivity index (χ4n) is 3.90. The summed E-state index contributed by atoms with van der Waals surface area (Å²) >= 11 is 10.8. The first-order valence-electron chi connectivity index (χ1n) is 9.35. The molecule has 29 heavy (non-hydrogen) atoms. The SMILES string of the molecule is Cc1ccc(C(c2ccc(Br)cc2)(c2ccc(Br)cc2)c2ccc(Br)cc2)cc1. The van der Waals surface area contributed by atoms with E-state index in [1.54, 1.807) is 0 Å². The van der Waals surface area contributed by atoms with Crippen LogP contribution in [0.15, 0.2) is 110 Å². The molecule has 0 saturated carbocycles. The molecule has 0 aliphatic heterocycles. The Hall–Kier alpha value is -1.68. The van der Waals surface area contributed by atoms with E-state index in [1.165, 1.54) is 27.8 Å². The molecule has 0 bridgehead atoms. The van der Waals surface area contributed by atoms with Crippen LogP contribution in [0.25, 0.3) is 0 Å². The largest absolute Gasteiger partial charge is 0.0701 e. The number of aryl methyl sites for hydroxylation is 1. The second kappa shape index (κ2) is 8.59. The summed E-state index contributed by atoms with van der Waals surface area (Å²) in [5, 5.41) is 0. The third-order valence-electron chi connectivity index (χ3n) is 5.32. The molecule has 4 aromatic rings. The van der Waals surface area contributed by atoms with Crippen LogP contribution in [0.5, 0.6) is 0 Å².